The third kappa shape index (κ3) is 4.64. The van der Waals surface area contributed by atoms with Crippen molar-refractivity contribution in [1.29, 1.82) is 0 Å². The highest BCUT2D eigenvalue weighted by atomic mass is 14.4. The predicted molar refractivity (Wildman–Crippen MR) is 103 cm³/mol. The zero-order valence-corrected chi connectivity index (χ0v) is 16.8. The van der Waals surface area contributed by atoms with E-state index in [-0.39, 0.29) is 0 Å². The Morgan fingerprint density at radius 1 is 0.913 bits per heavy atom. The lowest BCUT2D eigenvalue weighted by atomic mass is 9.63. The van der Waals surface area contributed by atoms with Gasteiger partial charge in [-0.1, -0.05) is 79.4 Å². The average molecular weight is 319 g/mol. The average Bonchev–Trinajstić information content (AvgIpc) is 2.53. The van der Waals surface area contributed by atoms with Gasteiger partial charge in [-0.2, -0.15) is 0 Å². The van der Waals surface area contributed by atoms with Gasteiger partial charge in [0.05, 0.1) is 0 Å². The molecule has 0 radical (unpaired) electrons. The Balaban J connectivity index is 2.14. The van der Waals surface area contributed by atoms with E-state index < -0.39 is 0 Å². The summed E-state index contributed by atoms with van der Waals surface area (Å²) < 4.78 is 0. The summed E-state index contributed by atoms with van der Waals surface area (Å²) in [7, 11) is 0. The topological polar surface area (TPSA) is 0 Å². The lowest BCUT2D eigenvalue weighted by Crippen LogP contribution is -2.33. The summed E-state index contributed by atoms with van der Waals surface area (Å²) in [5.74, 6) is 5.13. The Morgan fingerprint density at radius 3 is 2.13 bits per heavy atom. The molecule has 0 bridgehead atoms. The van der Waals surface area contributed by atoms with Crippen LogP contribution in [0.1, 0.15) is 92.9 Å². The highest BCUT2D eigenvalue weighted by Gasteiger charge is 2.36. The number of allylic oxidation sites excluding steroid dienone is 2. The summed E-state index contributed by atoms with van der Waals surface area (Å²) in [4.78, 5) is 0. The van der Waals surface area contributed by atoms with Gasteiger partial charge in [-0.15, -0.1) is 0 Å². The molecule has 2 aliphatic rings. The molecule has 0 spiro atoms. The molecule has 2 fully saturated rings. The van der Waals surface area contributed by atoms with Gasteiger partial charge in [0.1, 0.15) is 0 Å². The molecular weight excluding hydrogens is 276 g/mol. The van der Waals surface area contributed by atoms with Crippen molar-refractivity contribution in [2.75, 3.05) is 0 Å². The fraction of sp³-hybridized carbons (Fsp3) is 0.913. The molecule has 0 aromatic carbocycles. The highest BCUT2D eigenvalue weighted by Crippen LogP contribution is 2.46. The lowest BCUT2D eigenvalue weighted by molar-refractivity contribution is 0.130. The number of rotatable bonds is 5. The van der Waals surface area contributed by atoms with Crippen LogP contribution < -0.4 is 0 Å². The van der Waals surface area contributed by atoms with E-state index >= 15 is 0 Å². The quantitative estimate of drug-likeness (QED) is 0.460. The van der Waals surface area contributed by atoms with Gasteiger partial charge < -0.3 is 0 Å². The Bertz CT molecular complexity index is 371. The van der Waals surface area contributed by atoms with Gasteiger partial charge in [-0.25, -0.2) is 0 Å². The van der Waals surface area contributed by atoms with Gasteiger partial charge in [0.15, 0.2) is 0 Å². The fourth-order valence-electron chi connectivity index (χ4n) is 5.35. The summed E-state index contributed by atoms with van der Waals surface area (Å²) in [6.45, 7) is 14.8. The Hall–Kier alpha value is -0.260. The van der Waals surface area contributed by atoms with E-state index in [1.54, 1.807) is 0 Å². The third-order valence-corrected chi connectivity index (χ3v) is 7.50. The maximum atomic E-state index is 2.69. The van der Waals surface area contributed by atoms with Gasteiger partial charge in [0, 0.05) is 0 Å². The van der Waals surface area contributed by atoms with Crippen LogP contribution in [0.3, 0.4) is 0 Å². The van der Waals surface area contributed by atoms with Gasteiger partial charge in [0.25, 0.3) is 0 Å². The number of hydrogen-bond acceptors (Lipinski definition) is 0. The third-order valence-electron chi connectivity index (χ3n) is 7.50. The number of hydrogen-bond donors (Lipinski definition) is 0. The summed E-state index contributed by atoms with van der Waals surface area (Å²) in [6, 6.07) is 0. The predicted octanol–water partition coefficient (Wildman–Crippen LogP) is 7.49. The largest absolute Gasteiger partial charge is 0.0846 e. The molecule has 0 aromatic rings. The summed E-state index contributed by atoms with van der Waals surface area (Å²) in [5, 5.41) is 0. The second-order valence-electron chi connectivity index (χ2n) is 9.70. The van der Waals surface area contributed by atoms with Crippen LogP contribution in [0.4, 0.5) is 0 Å². The Morgan fingerprint density at radius 2 is 1.57 bits per heavy atom. The monoisotopic (exact) mass is 318 g/mol. The molecule has 0 amide bonds. The van der Waals surface area contributed by atoms with Crippen LogP contribution >= 0.6 is 0 Å². The molecule has 2 aliphatic carbocycles. The minimum atomic E-state index is 0.405. The van der Waals surface area contributed by atoms with E-state index in [1.165, 1.54) is 51.4 Å². The van der Waals surface area contributed by atoms with Crippen molar-refractivity contribution >= 4 is 0 Å². The van der Waals surface area contributed by atoms with Crippen LogP contribution in [0, 0.1) is 40.9 Å². The standard InChI is InChI=1S/C23H42/c1-17(2)22-13-12-19(5)16-20(22)14-15-23(6,18(3)4)21-10-8-7-9-11-21/h14-15,17-22H,7-13,16H2,1-6H3/t19-,20-,22-,23-/m1/s1. The minimum absolute atomic E-state index is 0.405. The molecule has 0 N–H and O–H groups in total. The maximum absolute atomic E-state index is 2.69. The first-order chi connectivity index (χ1) is 10.8. The van der Waals surface area contributed by atoms with Crippen molar-refractivity contribution in [2.24, 2.45) is 40.9 Å². The first kappa shape index (κ1) is 19.1. The van der Waals surface area contributed by atoms with Crippen molar-refractivity contribution < 1.29 is 0 Å². The highest BCUT2D eigenvalue weighted by molar-refractivity contribution is 5.06. The second-order valence-corrected chi connectivity index (χ2v) is 9.70. The molecule has 2 rings (SSSR count). The molecule has 134 valence electrons. The molecule has 0 aromatic heterocycles. The van der Waals surface area contributed by atoms with E-state index in [9.17, 15) is 0 Å². The minimum Gasteiger partial charge on any atom is -0.0846 e. The SMILES string of the molecule is CC(C)[C@H]1CC[C@@H](C)C[C@H]1C=C[C@](C)(C(C)C)C1CCCCC1. The van der Waals surface area contributed by atoms with Crippen molar-refractivity contribution in [1.82, 2.24) is 0 Å². The fourth-order valence-corrected chi connectivity index (χ4v) is 5.35. The zero-order chi connectivity index (χ0) is 17.0. The van der Waals surface area contributed by atoms with E-state index in [1.807, 2.05) is 0 Å². The summed E-state index contributed by atoms with van der Waals surface area (Å²) >= 11 is 0. The summed E-state index contributed by atoms with van der Waals surface area (Å²) in [5.41, 5.74) is 0.405. The molecule has 0 unspecified atom stereocenters. The molecule has 0 nitrogen and oxygen atoms in total. The lowest BCUT2D eigenvalue weighted by Gasteiger charge is -2.42. The van der Waals surface area contributed by atoms with Crippen LogP contribution in [0.15, 0.2) is 12.2 Å². The zero-order valence-electron chi connectivity index (χ0n) is 16.8. The van der Waals surface area contributed by atoms with E-state index in [4.69, 9.17) is 0 Å². The van der Waals surface area contributed by atoms with Crippen LogP contribution in [0.5, 0.6) is 0 Å². The molecule has 0 heteroatoms. The first-order valence-corrected chi connectivity index (χ1v) is 10.5. The van der Waals surface area contributed by atoms with Crippen molar-refractivity contribution in [2.45, 2.75) is 92.9 Å². The maximum Gasteiger partial charge on any atom is -0.00952 e. The van der Waals surface area contributed by atoms with Crippen molar-refractivity contribution in [3.8, 4) is 0 Å². The van der Waals surface area contributed by atoms with Crippen LogP contribution in [-0.4, -0.2) is 0 Å². The molecule has 2 saturated carbocycles. The van der Waals surface area contributed by atoms with Crippen LogP contribution in [0.2, 0.25) is 0 Å². The van der Waals surface area contributed by atoms with Gasteiger partial charge >= 0.3 is 0 Å². The van der Waals surface area contributed by atoms with Crippen LogP contribution in [0.25, 0.3) is 0 Å². The second kappa shape index (κ2) is 8.21. The van der Waals surface area contributed by atoms with E-state index in [0.29, 0.717) is 5.41 Å². The molecule has 0 heterocycles. The van der Waals surface area contributed by atoms with Gasteiger partial charge in [-0.05, 0) is 66.6 Å². The van der Waals surface area contributed by atoms with Crippen LogP contribution in [-0.2, 0) is 0 Å². The molecular formula is C23H42. The van der Waals surface area contributed by atoms with Crippen molar-refractivity contribution in [3.05, 3.63) is 12.2 Å². The smallest absolute Gasteiger partial charge is 0.00952 e. The van der Waals surface area contributed by atoms with Crippen molar-refractivity contribution in [3.63, 3.8) is 0 Å². The van der Waals surface area contributed by atoms with Gasteiger partial charge in [0.2, 0.25) is 0 Å². The molecule has 23 heavy (non-hydrogen) atoms. The normalized spacial score (nSPS) is 33.5. The van der Waals surface area contributed by atoms with E-state index in [2.05, 4.69) is 53.7 Å². The Kier molecular flexibility index (Phi) is 6.81. The first-order valence-electron chi connectivity index (χ1n) is 10.5. The summed E-state index contributed by atoms with van der Waals surface area (Å²) in [6.07, 6.45) is 16.9. The molecule has 0 saturated heterocycles. The molecule has 4 atom stereocenters. The molecule has 0 aliphatic heterocycles. The van der Waals surface area contributed by atoms with E-state index in [0.717, 1.165) is 35.5 Å². The Labute approximate surface area is 146 Å². The van der Waals surface area contributed by atoms with Gasteiger partial charge in [-0.3, -0.25) is 0 Å².